The van der Waals surface area contributed by atoms with E-state index < -0.39 is 5.54 Å². The lowest BCUT2D eigenvalue weighted by molar-refractivity contribution is -0.121. The molecule has 0 atom stereocenters. The van der Waals surface area contributed by atoms with Crippen LogP contribution in [0.4, 0.5) is 11.4 Å². The molecule has 0 spiro atoms. The van der Waals surface area contributed by atoms with Crippen molar-refractivity contribution in [3.63, 3.8) is 0 Å². The summed E-state index contributed by atoms with van der Waals surface area (Å²) in [5, 5.41) is 5.66. The van der Waals surface area contributed by atoms with E-state index in [1.54, 1.807) is 24.3 Å². The van der Waals surface area contributed by atoms with Crippen molar-refractivity contribution in [2.45, 2.75) is 38.1 Å². The molecule has 6 nitrogen and oxygen atoms in total. The molecule has 24 heavy (non-hydrogen) atoms. The van der Waals surface area contributed by atoms with Gasteiger partial charge in [0.15, 0.2) is 5.76 Å². The molecule has 1 aromatic carbocycles. The topological polar surface area (TPSA) is 97.4 Å². The number of amides is 2. The molecule has 1 heterocycles. The molecule has 0 saturated heterocycles. The van der Waals surface area contributed by atoms with E-state index in [2.05, 4.69) is 10.6 Å². The number of anilines is 2. The number of aryl methyl sites for hydroxylation is 1. The van der Waals surface area contributed by atoms with Crippen LogP contribution < -0.4 is 16.4 Å². The van der Waals surface area contributed by atoms with Crippen LogP contribution in [0.2, 0.25) is 0 Å². The number of furan rings is 1. The van der Waals surface area contributed by atoms with Gasteiger partial charge in [0, 0.05) is 11.4 Å². The third kappa shape index (κ3) is 3.33. The molecule has 1 aliphatic carbocycles. The lowest BCUT2D eigenvalue weighted by Crippen LogP contribution is -2.48. The van der Waals surface area contributed by atoms with E-state index in [1.807, 2.05) is 13.0 Å². The Balaban J connectivity index is 1.68. The Hall–Kier alpha value is -2.60. The molecule has 2 aromatic rings. The Morgan fingerprint density at radius 3 is 2.54 bits per heavy atom. The first-order chi connectivity index (χ1) is 11.5. The zero-order chi connectivity index (χ0) is 17.2. The van der Waals surface area contributed by atoms with Crippen molar-refractivity contribution in [3.05, 3.63) is 47.9 Å². The van der Waals surface area contributed by atoms with Crippen LogP contribution in [-0.2, 0) is 4.79 Å². The maximum atomic E-state index is 12.3. The highest BCUT2D eigenvalue weighted by Gasteiger charge is 2.36. The number of nitrogens with two attached hydrogens (primary N) is 1. The van der Waals surface area contributed by atoms with Gasteiger partial charge in [-0.05, 0) is 55.7 Å². The number of carbonyl (C=O) groups is 2. The SMILES string of the molecule is Cc1cc(NC(=O)C2(N)CCCC2)ccc1NC(=O)c1ccco1. The summed E-state index contributed by atoms with van der Waals surface area (Å²) in [5.74, 6) is -0.211. The van der Waals surface area contributed by atoms with Gasteiger partial charge >= 0.3 is 0 Å². The number of benzene rings is 1. The molecule has 0 bridgehead atoms. The largest absolute Gasteiger partial charge is 0.459 e. The van der Waals surface area contributed by atoms with Gasteiger partial charge in [0.25, 0.3) is 5.91 Å². The van der Waals surface area contributed by atoms with E-state index in [0.717, 1.165) is 31.2 Å². The lowest BCUT2D eigenvalue weighted by Gasteiger charge is -2.22. The van der Waals surface area contributed by atoms with Crippen LogP contribution in [0, 0.1) is 6.92 Å². The van der Waals surface area contributed by atoms with Crippen molar-refractivity contribution in [3.8, 4) is 0 Å². The van der Waals surface area contributed by atoms with E-state index in [-0.39, 0.29) is 17.6 Å². The Morgan fingerprint density at radius 2 is 1.92 bits per heavy atom. The van der Waals surface area contributed by atoms with Crippen LogP contribution in [0.3, 0.4) is 0 Å². The van der Waals surface area contributed by atoms with Gasteiger partial charge in [0.05, 0.1) is 11.8 Å². The molecule has 1 fully saturated rings. The minimum absolute atomic E-state index is 0.147. The maximum absolute atomic E-state index is 12.3. The van der Waals surface area contributed by atoms with Crippen molar-refractivity contribution in [1.82, 2.24) is 0 Å². The number of rotatable bonds is 4. The summed E-state index contributed by atoms with van der Waals surface area (Å²) >= 11 is 0. The van der Waals surface area contributed by atoms with E-state index in [4.69, 9.17) is 10.2 Å². The van der Waals surface area contributed by atoms with E-state index in [9.17, 15) is 9.59 Å². The van der Waals surface area contributed by atoms with E-state index >= 15 is 0 Å². The Kier molecular flexibility index (Phi) is 4.40. The molecule has 1 saturated carbocycles. The molecular weight excluding hydrogens is 306 g/mol. The fourth-order valence-corrected chi connectivity index (χ4v) is 2.96. The second kappa shape index (κ2) is 6.49. The molecule has 0 radical (unpaired) electrons. The highest BCUT2D eigenvalue weighted by molar-refractivity contribution is 6.03. The van der Waals surface area contributed by atoms with Gasteiger partial charge in [-0.1, -0.05) is 12.8 Å². The molecule has 2 amide bonds. The Bertz CT molecular complexity index is 747. The standard InChI is InChI=1S/C18H21N3O3/c1-12-11-13(20-17(23)18(19)8-2-3-9-18)6-7-14(12)21-16(22)15-5-4-10-24-15/h4-7,10-11H,2-3,8-9,19H2,1H3,(H,20,23)(H,21,22). The van der Waals surface area contributed by atoms with Gasteiger partial charge in [-0.15, -0.1) is 0 Å². The fourth-order valence-electron chi connectivity index (χ4n) is 2.96. The lowest BCUT2D eigenvalue weighted by atomic mass is 9.98. The number of hydrogen-bond acceptors (Lipinski definition) is 4. The first kappa shape index (κ1) is 16.3. The highest BCUT2D eigenvalue weighted by atomic mass is 16.3. The first-order valence-corrected chi connectivity index (χ1v) is 8.04. The van der Waals surface area contributed by atoms with Crippen LogP contribution in [0.1, 0.15) is 41.8 Å². The molecule has 4 N–H and O–H groups in total. The average molecular weight is 327 g/mol. The van der Waals surface area contributed by atoms with Crippen LogP contribution in [0.25, 0.3) is 0 Å². The summed E-state index contributed by atoms with van der Waals surface area (Å²) in [6, 6.07) is 8.58. The molecule has 6 heteroatoms. The fraction of sp³-hybridized carbons (Fsp3) is 0.333. The monoisotopic (exact) mass is 327 g/mol. The number of hydrogen-bond donors (Lipinski definition) is 3. The van der Waals surface area contributed by atoms with Gasteiger partial charge in [0.1, 0.15) is 0 Å². The second-order valence-electron chi connectivity index (χ2n) is 6.28. The van der Waals surface area contributed by atoms with Crippen molar-refractivity contribution in [2.24, 2.45) is 5.73 Å². The minimum atomic E-state index is -0.764. The summed E-state index contributed by atoms with van der Waals surface area (Å²) in [6.07, 6.45) is 4.86. The minimum Gasteiger partial charge on any atom is -0.459 e. The average Bonchev–Trinajstić information content (AvgIpc) is 3.22. The van der Waals surface area contributed by atoms with Crippen molar-refractivity contribution < 1.29 is 14.0 Å². The van der Waals surface area contributed by atoms with Gasteiger partial charge < -0.3 is 20.8 Å². The van der Waals surface area contributed by atoms with Crippen LogP contribution in [-0.4, -0.2) is 17.4 Å². The molecule has 126 valence electrons. The summed E-state index contributed by atoms with van der Waals surface area (Å²) < 4.78 is 5.07. The predicted molar refractivity (Wildman–Crippen MR) is 91.9 cm³/mol. The summed E-state index contributed by atoms with van der Waals surface area (Å²) in [5.41, 5.74) is 7.57. The van der Waals surface area contributed by atoms with E-state index in [1.165, 1.54) is 6.26 Å². The maximum Gasteiger partial charge on any atom is 0.291 e. The van der Waals surface area contributed by atoms with Crippen LogP contribution >= 0.6 is 0 Å². The highest BCUT2D eigenvalue weighted by Crippen LogP contribution is 2.29. The van der Waals surface area contributed by atoms with Gasteiger partial charge in [-0.25, -0.2) is 0 Å². The summed E-state index contributed by atoms with van der Waals surface area (Å²) in [6.45, 7) is 1.86. The normalized spacial score (nSPS) is 15.9. The Morgan fingerprint density at radius 1 is 1.17 bits per heavy atom. The smallest absolute Gasteiger partial charge is 0.291 e. The third-order valence-corrected chi connectivity index (χ3v) is 4.43. The first-order valence-electron chi connectivity index (χ1n) is 8.04. The second-order valence-corrected chi connectivity index (χ2v) is 6.28. The van der Waals surface area contributed by atoms with Crippen molar-refractivity contribution in [1.29, 1.82) is 0 Å². The molecule has 0 aliphatic heterocycles. The van der Waals surface area contributed by atoms with Crippen LogP contribution in [0.5, 0.6) is 0 Å². The molecule has 1 aromatic heterocycles. The van der Waals surface area contributed by atoms with Gasteiger partial charge in [-0.2, -0.15) is 0 Å². The zero-order valence-electron chi connectivity index (χ0n) is 13.6. The van der Waals surface area contributed by atoms with Crippen molar-refractivity contribution in [2.75, 3.05) is 10.6 Å². The number of carbonyl (C=O) groups excluding carboxylic acids is 2. The van der Waals surface area contributed by atoms with Crippen molar-refractivity contribution >= 4 is 23.2 Å². The summed E-state index contributed by atoms with van der Waals surface area (Å²) in [7, 11) is 0. The summed E-state index contributed by atoms with van der Waals surface area (Å²) in [4.78, 5) is 24.4. The molecular formula is C18H21N3O3. The quantitative estimate of drug-likeness (QED) is 0.804. The molecule has 3 rings (SSSR count). The molecule has 0 unspecified atom stereocenters. The zero-order valence-corrected chi connectivity index (χ0v) is 13.6. The van der Waals surface area contributed by atoms with E-state index in [0.29, 0.717) is 11.4 Å². The molecule has 1 aliphatic rings. The predicted octanol–water partition coefficient (Wildman–Crippen LogP) is 3.05. The third-order valence-electron chi connectivity index (χ3n) is 4.43. The van der Waals surface area contributed by atoms with Gasteiger partial charge in [0.2, 0.25) is 5.91 Å². The van der Waals surface area contributed by atoms with Gasteiger partial charge in [-0.3, -0.25) is 9.59 Å². The number of nitrogens with one attached hydrogen (secondary N) is 2. The Labute approximate surface area is 140 Å². The van der Waals surface area contributed by atoms with Crippen LogP contribution in [0.15, 0.2) is 41.0 Å².